The molecule has 5 heteroatoms. The highest BCUT2D eigenvalue weighted by atomic mass is 32.2. The Morgan fingerprint density at radius 1 is 1.47 bits per heavy atom. The number of nitrogens with one attached hydrogen (secondary N) is 1. The molecule has 2 rings (SSSR count). The van der Waals surface area contributed by atoms with Crippen molar-refractivity contribution in [2.75, 3.05) is 6.61 Å². The molecule has 1 unspecified atom stereocenters. The van der Waals surface area contributed by atoms with Gasteiger partial charge in [0.05, 0.1) is 17.6 Å². The molecule has 1 atom stereocenters. The zero-order chi connectivity index (χ0) is 12.3. The number of hydrogen-bond donors (Lipinski definition) is 2. The Kier molecular flexibility index (Phi) is 3.81. The second-order valence-corrected chi connectivity index (χ2v) is 5.26. The molecule has 2 aromatic rings. The minimum absolute atomic E-state index is 0.107. The van der Waals surface area contributed by atoms with Gasteiger partial charge in [-0.05, 0) is 12.1 Å². The van der Waals surface area contributed by atoms with Crippen LogP contribution in [0.1, 0.15) is 12.6 Å². The van der Waals surface area contributed by atoms with Gasteiger partial charge in [-0.1, -0.05) is 19.1 Å². The molecule has 0 fully saturated rings. The van der Waals surface area contributed by atoms with Gasteiger partial charge < -0.3 is 10.1 Å². The van der Waals surface area contributed by atoms with Gasteiger partial charge in [-0.25, -0.2) is 4.98 Å². The fourth-order valence-electron chi connectivity index (χ4n) is 1.44. The van der Waals surface area contributed by atoms with Crippen LogP contribution in [0.4, 0.5) is 0 Å². The lowest BCUT2D eigenvalue weighted by molar-refractivity contribution is 0.300. The van der Waals surface area contributed by atoms with Gasteiger partial charge in [0.1, 0.15) is 5.69 Å². The maximum absolute atomic E-state index is 11.7. The topological polar surface area (TPSA) is 66.0 Å². The molecule has 0 spiro atoms. The molecule has 0 radical (unpaired) electrons. The van der Waals surface area contributed by atoms with Crippen molar-refractivity contribution < 1.29 is 5.11 Å². The van der Waals surface area contributed by atoms with Gasteiger partial charge in [0.2, 0.25) is 0 Å². The first-order chi connectivity index (χ1) is 8.20. The number of fused-ring (bicyclic) bond motifs is 1. The van der Waals surface area contributed by atoms with Gasteiger partial charge in [-0.2, -0.15) is 0 Å². The van der Waals surface area contributed by atoms with Crippen LogP contribution >= 0.6 is 11.8 Å². The van der Waals surface area contributed by atoms with Crippen LogP contribution in [0.5, 0.6) is 0 Å². The van der Waals surface area contributed by atoms with Crippen molar-refractivity contribution in [2.45, 2.75) is 17.9 Å². The molecule has 0 aliphatic heterocycles. The van der Waals surface area contributed by atoms with Crippen molar-refractivity contribution in [2.24, 2.45) is 0 Å². The first-order valence-corrected chi connectivity index (χ1v) is 6.46. The summed E-state index contributed by atoms with van der Waals surface area (Å²) in [6.45, 7) is 2.02. The maximum atomic E-state index is 11.7. The van der Waals surface area contributed by atoms with E-state index in [4.69, 9.17) is 5.11 Å². The fourth-order valence-corrected chi connectivity index (χ4v) is 2.18. The number of aliphatic hydroxyl groups excluding tert-OH is 1. The minimum atomic E-state index is -0.152. The van der Waals surface area contributed by atoms with Gasteiger partial charge in [0.15, 0.2) is 0 Å². The molecular weight excluding hydrogens is 236 g/mol. The van der Waals surface area contributed by atoms with Crippen LogP contribution in [0.25, 0.3) is 11.0 Å². The zero-order valence-corrected chi connectivity index (χ0v) is 10.3. The molecule has 1 aromatic carbocycles. The number of aromatic nitrogens is 2. The number of aliphatic hydroxyl groups is 1. The van der Waals surface area contributed by atoms with Crippen LogP contribution in [-0.4, -0.2) is 26.9 Å². The van der Waals surface area contributed by atoms with Crippen LogP contribution in [-0.2, 0) is 5.75 Å². The highest BCUT2D eigenvalue weighted by Crippen LogP contribution is 2.15. The number of para-hydroxylation sites is 2. The minimum Gasteiger partial charge on any atom is -0.395 e. The highest BCUT2D eigenvalue weighted by Gasteiger charge is 2.07. The SMILES string of the molecule is CC(CO)SCc1nc2ccccc2[nH]c1=O. The molecule has 0 bridgehead atoms. The van der Waals surface area contributed by atoms with E-state index in [1.54, 1.807) is 0 Å². The van der Waals surface area contributed by atoms with E-state index >= 15 is 0 Å². The average Bonchev–Trinajstić information content (AvgIpc) is 2.35. The van der Waals surface area contributed by atoms with Crippen LogP contribution in [0, 0.1) is 0 Å². The van der Waals surface area contributed by atoms with E-state index in [9.17, 15) is 4.79 Å². The van der Waals surface area contributed by atoms with E-state index < -0.39 is 0 Å². The van der Waals surface area contributed by atoms with Gasteiger partial charge in [-0.3, -0.25) is 4.79 Å². The third-order valence-corrected chi connectivity index (χ3v) is 3.59. The molecule has 0 aliphatic rings. The Morgan fingerprint density at radius 3 is 3.00 bits per heavy atom. The molecule has 1 aromatic heterocycles. The molecule has 4 nitrogen and oxygen atoms in total. The molecule has 1 heterocycles. The van der Waals surface area contributed by atoms with Crippen LogP contribution in [0.15, 0.2) is 29.1 Å². The van der Waals surface area contributed by atoms with Gasteiger partial charge in [0, 0.05) is 11.0 Å². The summed E-state index contributed by atoms with van der Waals surface area (Å²) in [7, 11) is 0. The summed E-state index contributed by atoms with van der Waals surface area (Å²) in [4.78, 5) is 18.9. The summed E-state index contributed by atoms with van der Waals surface area (Å²) in [5.74, 6) is 0.516. The Hall–Kier alpha value is -1.33. The van der Waals surface area contributed by atoms with Crippen molar-refractivity contribution >= 4 is 22.8 Å². The van der Waals surface area contributed by atoms with E-state index in [-0.39, 0.29) is 17.4 Å². The van der Waals surface area contributed by atoms with Crippen LogP contribution in [0.2, 0.25) is 0 Å². The quantitative estimate of drug-likeness (QED) is 0.863. The van der Waals surface area contributed by atoms with Crippen molar-refractivity contribution in [1.29, 1.82) is 0 Å². The number of rotatable bonds is 4. The molecule has 0 amide bonds. The van der Waals surface area contributed by atoms with Crippen molar-refractivity contribution in [3.63, 3.8) is 0 Å². The first kappa shape index (κ1) is 12.1. The van der Waals surface area contributed by atoms with E-state index in [2.05, 4.69) is 9.97 Å². The normalized spacial score (nSPS) is 12.8. The molecular formula is C12H14N2O2S. The second kappa shape index (κ2) is 5.33. The Morgan fingerprint density at radius 2 is 2.24 bits per heavy atom. The highest BCUT2D eigenvalue weighted by molar-refractivity contribution is 7.99. The number of benzene rings is 1. The first-order valence-electron chi connectivity index (χ1n) is 5.41. The Balaban J connectivity index is 2.28. The molecule has 0 aliphatic carbocycles. The van der Waals surface area contributed by atoms with E-state index in [1.165, 1.54) is 11.8 Å². The standard InChI is InChI=1S/C12H14N2O2S/c1-8(6-15)17-7-11-12(16)14-10-5-3-2-4-9(10)13-11/h2-5,8,15H,6-7H2,1H3,(H,14,16). The second-order valence-electron chi connectivity index (χ2n) is 3.83. The van der Waals surface area contributed by atoms with Crippen molar-refractivity contribution in [3.05, 3.63) is 40.3 Å². The lowest BCUT2D eigenvalue weighted by Crippen LogP contribution is -2.15. The van der Waals surface area contributed by atoms with Gasteiger partial charge in [0.25, 0.3) is 5.56 Å². The maximum Gasteiger partial charge on any atom is 0.270 e. The smallest absolute Gasteiger partial charge is 0.270 e. The fraction of sp³-hybridized carbons (Fsp3) is 0.333. The molecule has 2 N–H and O–H groups in total. The monoisotopic (exact) mass is 250 g/mol. The molecule has 0 saturated heterocycles. The van der Waals surface area contributed by atoms with E-state index in [1.807, 2.05) is 31.2 Å². The largest absolute Gasteiger partial charge is 0.395 e. The Bertz CT molecular complexity index is 568. The van der Waals surface area contributed by atoms with Gasteiger partial charge in [-0.15, -0.1) is 11.8 Å². The third kappa shape index (κ3) is 2.87. The lowest BCUT2D eigenvalue weighted by atomic mass is 10.3. The average molecular weight is 250 g/mol. The number of thioether (sulfide) groups is 1. The third-order valence-electron chi connectivity index (χ3n) is 2.43. The summed E-state index contributed by atoms with van der Waals surface area (Å²) < 4.78 is 0. The summed E-state index contributed by atoms with van der Waals surface area (Å²) in [5.41, 5.74) is 1.90. The molecule has 90 valence electrons. The van der Waals surface area contributed by atoms with Crippen LogP contribution in [0.3, 0.4) is 0 Å². The summed E-state index contributed by atoms with van der Waals surface area (Å²) in [5, 5.41) is 9.04. The number of H-pyrrole nitrogens is 1. The predicted molar refractivity (Wildman–Crippen MR) is 70.2 cm³/mol. The number of aromatic amines is 1. The van der Waals surface area contributed by atoms with E-state index in [0.717, 1.165) is 11.0 Å². The Labute approximate surface area is 103 Å². The van der Waals surface area contributed by atoms with Crippen LogP contribution < -0.4 is 5.56 Å². The summed E-state index contributed by atoms with van der Waals surface area (Å²) in [6.07, 6.45) is 0. The van der Waals surface area contributed by atoms with E-state index in [0.29, 0.717) is 11.4 Å². The van der Waals surface area contributed by atoms with Crippen molar-refractivity contribution in [1.82, 2.24) is 9.97 Å². The lowest BCUT2D eigenvalue weighted by Gasteiger charge is -2.06. The number of hydrogen-bond acceptors (Lipinski definition) is 4. The zero-order valence-electron chi connectivity index (χ0n) is 9.51. The molecule has 17 heavy (non-hydrogen) atoms. The predicted octanol–water partition coefficient (Wildman–Crippen LogP) is 1.54. The summed E-state index contributed by atoms with van der Waals surface area (Å²) >= 11 is 1.52. The number of nitrogens with zero attached hydrogens (tertiary/aromatic N) is 1. The van der Waals surface area contributed by atoms with Gasteiger partial charge >= 0.3 is 0 Å². The van der Waals surface area contributed by atoms with Crippen molar-refractivity contribution in [3.8, 4) is 0 Å². The summed E-state index contributed by atoms with van der Waals surface area (Å²) in [6, 6.07) is 7.45. The molecule has 0 saturated carbocycles.